The Kier molecular flexibility index (Phi) is 4.44. The van der Waals surface area contributed by atoms with E-state index in [4.69, 9.17) is 16.3 Å². The Bertz CT molecular complexity index is 994. The molecule has 1 unspecified atom stereocenters. The average molecular weight is 415 g/mol. The van der Waals surface area contributed by atoms with Gasteiger partial charge in [0.05, 0.1) is 23.2 Å². The Morgan fingerprint density at radius 2 is 1.78 bits per heavy atom. The van der Waals surface area contributed by atoms with Crippen LogP contribution in [0, 0.1) is 17.6 Å². The molecule has 1 aliphatic carbocycles. The number of halogens is 3. The van der Waals surface area contributed by atoms with Crippen LogP contribution < -0.4 is 4.74 Å². The van der Waals surface area contributed by atoms with Gasteiger partial charge in [0.1, 0.15) is 10.6 Å². The Morgan fingerprint density at radius 1 is 1.11 bits per heavy atom. The van der Waals surface area contributed by atoms with E-state index in [1.54, 1.807) is 0 Å². The highest BCUT2D eigenvalue weighted by Crippen LogP contribution is 2.56. The number of aliphatic hydroxyl groups is 1. The lowest BCUT2D eigenvalue weighted by atomic mass is 9.72. The highest BCUT2D eigenvalue weighted by atomic mass is 35.5. The first-order valence-corrected chi connectivity index (χ1v) is 10.4. The van der Waals surface area contributed by atoms with Crippen LogP contribution in [-0.4, -0.2) is 26.2 Å². The summed E-state index contributed by atoms with van der Waals surface area (Å²) in [4.78, 5) is -0.0233. The van der Waals surface area contributed by atoms with Crippen molar-refractivity contribution in [2.45, 2.75) is 35.0 Å². The molecular formula is C19H17ClF2O4S. The molecule has 1 N–H and O–H groups in total. The van der Waals surface area contributed by atoms with Gasteiger partial charge in [-0.2, -0.15) is 0 Å². The molecule has 2 aromatic rings. The van der Waals surface area contributed by atoms with Crippen LogP contribution in [0.5, 0.6) is 5.75 Å². The van der Waals surface area contributed by atoms with Gasteiger partial charge in [0.25, 0.3) is 0 Å². The smallest absolute Gasteiger partial charge is 0.188 e. The molecule has 2 aliphatic rings. The molecule has 4 rings (SSSR count). The molecule has 0 bridgehead atoms. The molecule has 0 amide bonds. The van der Waals surface area contributed by atoms with Crippen LogP contribution in [0.4, 0.5) is 8.78 Å². The van der Waals surface area contributed by atoms with E-state index in [9.17, 15) is 22.3 Å². The number of fused-ring (bicyclic) bond motifs is 3. The summed E-state index contributed by atoms with van der Waals surface area (Å²) < 4.78 is 60.4. The fourth-order valence-electron chi connectivity index (χ4n) is 4.32. The van der Waals surface area contributed by atoms with Gasteiger partial charge in [-0.05, 0) is 55.7 Å². The third kappa shape index (κ3) is 2.67. The number of rotatable bonds is 2. The minimum absolute atomic E-state index is 0.0233. The summed E-state index contributed by atoms with van der Waals surface area (Å²) in [5.74, 6) is -2.70. The topological polar surface area (TPSA) is 63.6 Å². The normalized spacial score (nSPS) is 27.4. The van der Waals surface area contributed by atoms with Gasteiger partial charge in [0.15, 0.2) is 21.4 Å². The molecule has 0 radical (unpaired) electrons. The van der Waals surface area contributed by atoms with Crippen LogP contribution in [0.1, 0.15) is 24.8 Å². The quantitative estimate of drug-likeness (QED) is 0.811. The lowest BCUT2D eigenvalue weighted by Gasteiger charge is -2.48. The van der Waals surface area contributed by atoms with Crippen molar-refractivity contribution in [1.29, 1.82) is 0 Å². The fourth-order valence-corrected chi connectivity index (χ4v) is 6.81. The third-order valence-electron chi connectivity index (χ3n) is 5.58. The Hall–Kier alpha value is -1.70. The molecule has 0 spiro atoms. The van der Waals surface area contributed by atoms with E-state index in [1.807, 2.05) is 0 Å². The molecule has 1 heterocycles. The number of sulfone groups is 1. The molecular weight excluding hydrogens is 398 g/mol. The minimum atomic E-state index is -4.13. The largest absolute Gasteiger partial charge is 0.490 e. The second-order valence-electron chi connectivity index (χ2n) is 7.02. The van der Waals surface area contributed by atoms with Crippen LogP contribution >= 0.6 is 11.6 Å². The molecule has 8 heteroatoms. The number of aliphatic hydroxyl groups excluding tert-OH is 1. The molecule has 27 heavy (non-hydrogen) atoms. The van der Waals surface area contributed by atoms with Gasteiger partial charge in [-0.3, -0.25) is 0 Å². The maximum absolute atomic E-state index is 14.9. The standard InChI is InChI=1S/C19H17ClF2O4S/c20-12-1-3-14(4-2-12)27(24,25)19-8-7-13(23)9-11(19)10-26-18-16(22)6-5-15(21)17(18)19/h1-6,11,13,23H,7-10H2/t11-,13?,19-/m0/s1. The fraction of sp³-hybridized carbons (Fsp3) is 0.368. The predicted octanol–water partition coefficient (Wildman–Crippen LogP) is 3.84. The number of hydrogen-bond acceptors (Lipinski definition) is 4. The molecule has 0 aromatic heterocycles. The van der Waals surface area contributed by atoms with Crippen LogP contribution in [0.3, 0.4) is 0 Å². The molecule has 1 fully saturated rings. The van der Waals surface area contributed by atoms with Crippen molar-refractivity contribution in [3.8, 4) is 5.75 Å². The number of benzene rings is 2. The summed E-state index contributed by atoms with van der Waals surface area (Å²) in [6, 6.07) is 7.46. The zero-order valence-corrected chi connectivity index (χ0v) is 15.7. The van der Waals surface area contributed by atoms with Gasteiger partial charge in [0, 0.05) is 10.9 Å². The van der Waals surface area contributed by atoms with Gasteiger partial charge >= 0.3 is 0 Å². The predicted molar refractivity (Wildman–Crippen MR) is 95.5 cm³/mol. The van der Waals surface area contributed by atoms with Gasteiger partial charge < -0.3 is 9.84 Å². The molecule has 1 saturated carbocycles. The molecule has 0 saturated heterocycles. The summed E-state index contributed by atoms with van der Waals surface area (Å²) in [6.07, 6.45) is -0.452. The Balaban J connectivity index is 2.02. The maximum Gasteiger partial charge on any atom is 0.188 e. The van der Waals surface area contributed by atoms with Crippen molar-refractivity contribution >= 4 is 21.4 Å². The first kappa shape index (κ1) is 18.7. The molecule has 3 atom stereocenters. The van der Waals surface area contributed by atoms with E-state index < -0.39 is 38.2 Å². The molecule has 4 nitrogen and oxygen atoms in total. The number of hydrogen-bond donors (Lipinski definition) is 1. The second kappa shape index (κ2) is 6.43. The van der Waals surface area contributed by atoms with E-state index in [-0.39, 0.29) is 42.1 Å². The minimum Gasteiger partial charge on any atom is -0.490 e. The van der Waals surface area contributed by atoms with Crippen molar-refractivity contribution in [1.82, 2.24) is 0 Å². The van der Waals surface area contributed by atoms with E-state index >= 15 is 0 Å². The van der Waals surface area contributed by atoms with Crippen molar-refractivity contribution in [3.63, 3.8) is 0 Å². The van der Waals surface area contributed by atoms with E-state index in [0.717, 1.165) is 12.1 Å². The maximum atomic E-state index is 14.9. The summed E-state index contributed by atoms with van der Waals surface area (Å²) in [6.45, 7) is -0.114. The molecule has 2 aromatic carbocycles. The monoisotopic (exact) mass is 414 g/mol. The van der Waals surface area contributed by atoms with Crippen molar-refractivity contribution in [2.24, 2.45) is 5.92 Å². The van der Waals surface area contributed by atoms with Gasteiger partial charge in [0.2, 0.25) is 0 Å². The summed E-state index contributed by atoms with van der Waals surface area (Å²) in [5.41, 5.74) is -0.277. The first-order valence-electron chi connectivity index (χ1n) is 8.57. The average Bonchev–Trinajstić information content (AvgIpc) is 2.64. The van der Waals surface area contributed by atoms with Crippen LogP contribution in [0.15, 0.2) is 41.3 Å². The Labute approximate surface area is 160 Å². The summed E-state index contributed by atoms with van der Waals surface area (Å²) in [7, 11) is -4.13. The SMILES string of the molecule is O=S(=O)(c1ccc(Cl)cc1)[C@@]12CCC(O)C[C@H]1COc1c(F)ccc(F)c12. The van der Waals surface area contributed by atoms with Crippen LogP contribution in [0.2, 0.25) is 5.02 Å². The van der Waals surface area contributed by atoms with Crippen LogP contribution in [-0.2, 0) is 14.6 Å². The van der Waals surface area contributed by atoms with Gasteiger partial charge in [-0.25, -0.2) is 17.2 Å². The number of ether oxygens (including phenoxy) is 1. The zero-order chi connectivity index (χ0) is 19.4. The first-order chi connectivity index (χ1) is 12.8. The Morgan fingerprint density at radius 3 is 2.48 bits per heavy atom. The van der Waals surface area contributed by atoms with E-state index in [0.29, 0.717) is 5.02 Å². The summed E-state index contributed by atoms with van der Waals surface area (Å²) in [5, 5.41) is 10.4. The summed E-state index contributed by atoms with van der Waals surface area (Å²) >= 11 is 5.87. The lowest BCUT2D eigenvalue weighted by molar-refractivity contribution is 0.0395. The van der Waals surface area contributed by atoms with Crippen LogP contribution in [0.25, 0.3) is 0 Å². The van der Waals surface area contributed by atoms with Crippen molar-refractivity contribution < 1.29 is 27.0 Å². The highest BCUT2D eigenvalue weighted by Gasteiger charge is 2.59. The van der Waals surface area contributed by atoms with E-state index in [1.165, 1.54) is 24.3 Å². The third-order valence-corrected chi connectivity index (χ3v) is 8.42. The van der Waals surface area contributed by atoms with Crippen molar-refractivity contribution in [2.75, 3.05) is 6.61 Å². The lowest BCUT2D eigenvalue weighted by Crippen LogP contribution is -2.53. The second-order valence-corrected chi connectivity index (χ2v) is 9.66. The highest BCUT2D eigenvalue weighted by molar-refractivity contribution is 7.92. The van der Waals surface area contributed by atoms with Gasteiger partial charge in [-0.1, -0.05) is 11.6 Å². The molecule has 1 aliphatic heterocycles. The zero-order valence-electron chi connectivity index (χ0n) is 14.2. The molecule has 144 valence electrons. The van der Waals surface area contributed by atoms with Crippen molar-refractivity contribution in [3.05, 3.63) is 58.6 Å². The van der Waals surface area contributed by atoms with Gasteiger partial charge in [-0.15, -0.1) is 0 Å². The van der Waals surface area contributed by atoms with E-state index in [2.05, 4.69) is 0 Å².